The summed E-state index contributed by atoms with van der Waals surface area (Å²) in [6.45, 7) is 2.66. The fourth-order valence-corrected chi connectivity index (χ4v) is 1.99. The van der Waals surface area contributed by atoms with Crippen LogP contribution >= 0.6 is 0 Å². The Hall–Kier alpha value is -1.55. The van der Waals surface area contributed by atoms with Crippen molar-refractivity contribution in [2.75, 3.05) is 18.6 Å². The van der Waals surface area contributed by atoms with Crippen LogP contribution in [-0.2, 0) is 4.79 Å². The highest BCUT2D eigenvalue weighted by atomic mass is 16.5. The molecule has 0 bridgehead atoms. The predicted octanol–water partition coefficient (Wildman–Crippen LogP) is 1.07. The molecule has 1 saturated heterocycles. The Balaban J connectivity index is 2.28. The summed E-state index contributed by atoms with van der Waals surface area (Å²) in [6.07, 6.45) is 0.726. The average Bonchev–Trinajstić information content (AvgIpc) is 2.60. The van der Waals surface area contributed by atoms with Crippen molar-refractivity contribution in [1.82, 2.24) is 0 Å². The molecule has 2 rings (SSSR count). The molecule has 2 N–H and O–H groups in total. The molecule has 0 spiro atoms. The number of nitrogens with zero attached hydrogens (tertiary/aromatic N) is 1. The number of benzene rings is 1. The first kappa shape index (κ1) is 11.0. The van der Waals surface area contributed by atoms with Gasteiger partial charge in [0.25, 0.3) is 0 Å². The van der Waals surface area contributed by atoms with Crippen LogP contribution in [0.5, 0.6) is 5.75 Å². The molecule has 1 aromatic rings. The zero-order chi connectivity index (χ0) is 11.7. The van der Waals surface area contributed by atoms with Gasteiger partial charge in [0.2, 0.25) is 5.91 Å². The number of hydrogen-bond acceptors (Lipinski definition) is 3. The highest BCUT2D eigenvalue weighted by Gasteiger charge is 2.29. The topological polar surface area (TPSA) is 55.6 Å². The largest absolute Gasteiger partial charge is 0.496 e. The Kier molecular flexibility index (Phi) is 2.83. The Labute approximate surface area is 95.0 Å². The molecule has 0 aliphatic carbocycles. The summed E-state index contributed by atoms with van der Waals surface area (Å²) in [7, 11) is 1.64. The second kappa shape index (κ2) is 4.14. The van der Waals surface area contributed by atoms with Crippen molar-refractivity contribution < 1.29 is 9.53 Å². The summed E-state index contributed by atoms with van der Waals surface area (Å²) in [6, 6.07) is 5.38. The summed E-state index contributed by atoms with van der Waals surface area (Å²) in [4.78, 5) is 13.5. The molecule has 4 nitrogen and oxygen atoms in total. The highest BCUT2D eigenvalue weighted by Crippen LogP contribution is 2.26. The van der Waals surface area contributed by atoms with Crippen LogP contribution in [0, 0.1) is 6.92 Å². The Bertz CT molecular complexity index is 417. The van der Waals surface area contributed by atoms with Gasteiger partial charge in [0.05, 0.1) is 13.2 Å². The normalized spacial score (nSPS) is 20.3. The van der Waals surface area contributed by atoms with Gasteiger partial charge in [-0.05, 0) is 37.1 Å². The van der Waals surface area contributed by atoms with E-state index in [9.17, 15) is 4.79 Å². The number of rotatable bonds is 2. The minimum absolute atomic E-state index is 0.00423. The van der Waals surface area contributed by atoms with Crippen molar-refractivity contribution >= 4 is 11.6 Å². The lowest BCUT2D eigenvalue weighted by molar-refractivity contribution is -0.118. The standard InChI is InChI=1S/C12H16N2O2/c1-8-7-9(3-4-11(8)16-2)14-6-5-10(13)12(14)15/h3-4,7,10H,5-6,13H2,1-2H3. The van der Waals surface area contributed by atoms with Crippen LogP contribution < -0.4 is 15.4 Å². The molecule has 86 valence electrons. The third kappa shape index (κ3) is 1.76. The Morgan fingerprint density at radius 1 is 1.50 bits per heavy atom. The third-order valence-corrected chi connectivity index (χ3v) is 2.94. The molecule has 0 aromatic heterocycles. The fraction of sp³-hybridized carbons (Fsp3) is 0.417. The first-order valence-corrected chi connectivity index (χ1v) is 5.35. The maximum Gasteiger partial charge on any atom is 0.243 e. The van der Waals surface area contributed by atoms with Crippen molar-refractivity contribution in [3.8, 4) is 5.75 Å². The number of carbonyl (C=O) groups excluding carboxylic acids is 1. The van der Waals surface area contributed by atoms with E-state index < -0.39 is 0 Å². The van der Waals surface area contributed by atoms with Gasteiger partial charge < -0.3 is 15.4 Å². The zero-order valence-corrected chi connectivity index (χ0v) is 9.56. The maximum absolute atomic E-state index is 11.7. The van der Waals surface area contributed by atoms with Crippen LogP contribution in [0.3, 0.4) is 0 Å². The summed E-state index contributed by atoms with van der Waals surface area (Å²) in [5.74, 6) is 0.837. The van der Waals surface area contributed by atoms with Crippen LogP contribution in [0.1, 0.15) is 12.0 Å². The van der Waals surface area contributed by atoms with Crippen molar-refractivity contribution in [3.05, 3.63) is 23.8 Å². The minimum atomic E-state index is -0.345. The maximum atomic E-state index is 11.7. The molecule has 1 aliphatic heterocycles. The predicted molar refractivity (Wildman–Crippen MR) is 62.7 cm³/mol. The van der Waals surface area contributed by atoms with E-state index in [2.05, 4.69) is 0 Å². The number of nitrogens with two attached hydrogens (primary N) is 1. The fourth-order valence-electron chi connectivity index (χ4n) is 1.99. The van der Waals surface area contributed by atoms with E-state index in [4.69, 9.17) is 10.5 Å². The molecule has 1 fully saturated rings. The number of methoxy groups -OCH3 is 1. The lowest BCUT2D eigenvalue weighted by atomic mass is 10.2. The van der Waals surface area contributed by atoms with Crippen molar-refractivity contribution in [3.63, 3.8) is 0 Å². The van der Waals surface area contributed by atoms with Gasteiger partial charge in [-0.25, -0.2) is 0 Å². The summed E-state index contributed by atoms with van der Waals surface area (Å²) < 4.78 is 5.18. The molecule has 1 amide bonds. The second-order valence-electron chi connectivity index (χ2n) is 4.04. The Morgan fingerprint density at radius 3 is 2.75 bits per heavy atom. The van der Waals surface area contributed by atoms with Crippen LogP contribution in [0.15, 0.2) is 18.2 Å². The van der Waals surface area contributed by atoms with E-state index >= 15 is 0 Å². The molecule has 16 heavy (non-hydrogen) atoms. The number of aryl methyl sites for hydroxylation is 1. The van der Waals surface area contributed by atoms with Crippen LogP contribution in [-0.4, -0.2) is 25.6 Å². The average molecular weight is 220 g/mol. The van der Waals surface area contributed by atoms with Crippen LogP contribution in [0.25, 0.3) is 0 Å². The van der Waals surface area contributed by atoms with Gasteiger partial charge in [0, 0.05) is 12.2 Å². The van der Waals surface area contributed by atoms with Gasteiger partial charge in [-0.3, -0.25) is 4.79 Å². The van der Waals surface area contributed by atoms with Gasteiger partial charge in [-0.1, -0.05) is 0 Å². The lowest BCUT2D eigenvalue weighted by Gasteiger charge is -2.17. The van der Waals surface area contributed by atoms with Crippen molar-refractivity contribution in [2.45, 2.75) is 19.4 Å². The van der Waals surface area contributed by atoms with Gasteiger partial charge in [0.1, 0.15) is 5.75 Å². The van der Waals surface area contributed by atoms with Crippen LogP contribution in [0.4, 0.5) is 5.69 Å². The second-order valence-corrected chi connectivity index (χ2v) is 4.04. The molecule has 1 unspecified atom stereocenters. The number of amides is 1. The van der Waals surface area contributed by atoms with Gasteiger partial charge in [-0.2, -0.15) is 0 Å². The van der Waals surface area contributed by atoms with E-state index in [0.717, 1.165) is 23.4 Å². The van der Waals surface area contributed by atoms with Gasteiger partial charge in [-0.15, -0.1) is 0 Å². The van der Waals surface area contributed by atoms with E-state index in [1.54, 1.807) is 12.0 Å². The lowest BCUT2D eigenvalue weighted by Crippen LogP contribution is -2.33. The van der Waals surface area contributed by atoms with E-state index in [0.29, 0.717) is 6.54 Å². The third-order valence-electron chi connectivity index (χ3n) is 2.94. The molecule has 1 atom stereocenters. The number of carbonyl (C=O) groups is 1. The van der Waals surface area contributed by atoms with E-state index in [1.165, 1.54) is 0 Å². The van der Waals surface area contributed by atoms with Crippen molar-refractivity contribution in [2.24, 2.45) is 5.73 Å². The zero-order valence-electron chi connectivity index (χ0n) is 9.56. The van der Waals surface area contributed by atoms with E-state index in [1.807, 2.05) is 25.1 Å². The molecule has 1 aromatic carbocycles. The monoisotopic (exact) mass is 220 g/mol. The molecule has 0 radical (unpaired) electrons. The SMILES string of the molecule is COc1ccc(N2CCC(N)C2=O)cc1C. The molecule has 1 heterocycles. The molecular weight excluding hydrogens is 204 g/mol. The first-order chi connectivity index (χ1) is 7.63. The van der Waals surface area contributed by atoms with Crippen molar-refractivity contribution in [1.29, 1.82) is 0 Å². The Morgan fingerprint density at radius 2 is 2.25 bits per heavy atom. The van der Waals surface area contributed by atoms with Gasteiger partial charge in [0.15, 0.2) is 0 Å². The molecular formula is C12H16N2O2. The quantitative estimate of drug-likeness (QED) is 0.811. The van der Waals surface area contributed by atoms with Gasteiger partial charge >= 0.3 is 0 Å². The number of anilines is 1. The molecule has 4 heteroatoms. The summed E-state index contributed by atoms with van der Waals surface area (Å²) >= 11 is 0. The highest BCUT2D eigenvalue weighted by molar-refractivity contribution is 5.99. The molecule has 1 aliphatic rings. The number of ether oxygens (including phenoxy) is 1. The first-order valence-electron chi connectivity index (χ1n) is 5.35. The van der Waals surface area contributed by atoms with Crippen LogP contribution in [0.2, 0.25) is 0 Å². The summed E-state index contributed by atoms with van der Waals surface area (Å²) in [5.41, 5.74) is 7.61. The summed E-state index contributed by atoms with van der Waals surface area (Å²) in [5, 5.41) is 0. The minimum Gasteiger partial charge on any atom is -0.496 e. The number of hydrogen-bond donors (Lipinski definition) is 1. The van der Waals surface area contributed by atoms with E-state index in [-0.39, 0.29) is 11.9 Å². The molecule has 0 saturated carbocycles. The smallest absolute Gasteiger partial charge is 0.243 e.